The second-order valence-corrected chi connectivity index (χ2v) is 7.83. The van der Waals surface area contributed by atoms with Crippen molar-refractivity contribution in [3.8, 4) is 0 Å². The number of pyridine rings is 1. The van der Waals surface area contributed by atoms with Crippen molar-refractivity contribution in [2.24, 2.45) is 0 Å². The molecule has 1 fully saturated rings. The average molecular weight is 424 g/mol. The summed E-state index contributed by atoms with van der Waals surface area (Å²) in [6.45, 7) is 5.67. The normalized spacial score (nSPS) is 15.4. The number of amides is 1. The number of imidazole rings is 1. The van der Waals surface area contributed by atoms with Crippen LogP contribution >= 0.6 is 0 Å². The Hall–Kier alpha value is -3.07. The van der Waals surface area contributed by atoms with Gasteiger partial charge in [0.25, 0.3) is 0 Å². The van der Waals surface area contributed by atoms with Crippen LogP contribution in [0.15, 0.2) is 36.9 Å². The van der Waals surface area contributed by atoms with E-state index in [1.165, 1.54) is 0 Å². The molecular weight excluding hydrogens is 394 g/mol. The summed E-state index contributed by atoms with van der Waals surface area (Å²) in [6.07, 6.45) is 8.92. The van der Waals surface area contributed by atoms with Crippen molar-refractivity contribution >= 4 is 22.9 Å². The molecule has 1 aliphatic heterocycles. The quantitative estimate of drug-likeness (QED) is 0.548. The van der Waals surface area contributed by atoms with E-state index in [4.69, 9.17) is 9.72 Å². The number of hydrogen-bond acceptors (Lipinski definition) is 7. The molecule has 0 aromatic carbocycles. The standard InChI is InChI=1S/C22H29N7O2/c1-17(16-31-2)29-19(26-18-5-4-8-25-22(18)29)6-3-7-21(30)28-13-11-27(12-14-28)20-15-23-9-10-24-20/h4-5,8-10,15,17H,3,6-7,11-14,16H2,1-2H3/t17-/m1/s1. The molecule has 0 aliphatic carbocycles. The summed E-state index contributed by atoms with van der Waals surface area (Å²) in [5.41, 5.74) is 1.75. The largest absolute Gasteiger partial charge is 0.383 e. The maximum atomic E-state index is 12.7. The Morgan fingerprint density at radius 3 is 2.74 bits per heavy atom. The molecule has 1 saturated heterocycles. The van der Waals surface area contributed by atoms with Crippen LogP contribution in [-0.2, 0) is 16.0 Å². The summed E-state index contributed by atoms with van der Waals surface area (Å²) in [7, 11) is 1.70. The van der Waals surface area contributed by atoms with Crippen LogP contribution in [0.2, 0.25) is 0 Å². The Morgan fingerprint density at radius 1 is 1.16 bits per heavy atom. The van der Waals surface area contributed by atoms with Gasteiger partial charge in [-0.3, -0.25) is 9.78 Å². The molecule has 3 aromatic heterocycles. The van der Waals surface area contributed by atoms with Crippen LogP contribution in [0.4, 0.5) is 5.82 Å². The number of carbonyl (C=O) groups is 1. The highest BCUT2D eigenvalue weighted by Gasteiger charge is 2.22. The predicted octanol–water partition coefficient (Wildman–Crippen LogP) is 2.10. The summed E-state index contributed by atoms with van der Waals surface area (Å²) in [5, 5.41) is 0. The Morgan fingerprint density at radius 2 is 2.00 bits per heavy atom. The fourth-order valence-electron chi connectivity index (χ4n) is 4.13. The summed E-state index contributed by atoms with van der Waals surface area (Å²) >= 11 is 0. The highest BCUT2D eigenvalue weighted by atomic mass is 16.5. The fraction of sp³-hybridized carbons (Fsp3) is 0.500. The van der Waals surface area contributed by atoms with E-state index in [0.29, 0.717) is 26.1 Å². The monoisotopic (exact) mass is 423 g/mol. The summed E-state index contributed by atoms with van der Waals surface area (Å²) < 4.78 is 7.49. The molecule has 0 bridgehead atoms. The second-order valence-electron chi connectivity index (χ2n) is 7.83. The van der Waals surface area contributed by atoms with Crippen molar-refractivity contribution in [3.05, 3.63) is 42.7 Å². The zero-order valence-electron chi connectivity index (χ0n) is 18.1. The SMILES string of the molecule is COC[C@@H](C)n1c(CCCC(=O)N2CCN(c3cnccn3)CC2)nc2cccnc21. The Kier molecular flexibility index (Phi) is 6.71. The van der Waals surface area contributed by atoms with E-state index in [-0.39, 0.29) is 11.9 Å². The van der Waals surface area contributed by atoms with Gasteiger partial charge < -0.3 is 19.1 Å². The lowest BCUT2D eigenvalue weighted by Crippen LogP contribution is -2.49. The first-order valence-corrected chi connectivity index (χ1v) is 10.8. The van der Waals surface area contributed by atoms with Crippen LogP contribution in [0.5, 0.6) is 0 Å². The fourth-order valence-corrected chi connectivity index (χ4v) is 4.13. The number of rotatable bonds is 8. The Balaban J connectivity index is 1.33. The third-order valence-corrected chi connectivity index (χ3v) is 5.67. The smallest absolute Gasteiger partial charge is 0.222 e. The van der Waals surface area contributed by atoms with Gasteiger partial charge in [-0.25, -0.2) is 15.0 Å². The summed E-state index contributed by atoms with van der Waals surface area (Å²) in [6, 6.07) is 4.00. The first kappa shape index (κ1) is 21.2. The van der Waals surface area contributed by atoms with Crippen LogP contribution < -0.4 is 4.90 Å². The van der Waals surface area contributed by atoms with Crippen LogP contribution in [-0.4, -0.2) is 75.2 Å². The topological polar surface area (TPSA) is 89.3 Å². The molecule has 0 radical (unpaired) electrons. The zero-order chi connectivity index (χ0) is 21.6. The summed E-state index contributed by atoms with van der Waals surface area (Å²) in [4.78, 5) is 34.6. The van der Waals surface area contributed by atoms with Crippen LogP contribution in [0, 0.1) is 0 Å². The highest BCUT2D eigenvalue weighted by Crippen LogP contribution is 2.21. The van der Waals surface area contributed by atoms with Crippen LogP contribution in [0.25, 0.3) is 11.2 Å². The van der Waals surface area contributed by atoms with Crippen molar-refractivity contribution in [3.63, 3.8) is 0 Å². The third-order valence-electron chi connectivity index (χ3n) is 5.67. The van der Waals surface area contributed by atoms with E-state index in [9.17, 15) is 4.79 Å². The van der Waals surface area contributed by atoms with Gasteiger partial charge in [0.1, 0.15) is 17.2 Å². The van der Waals surface area contributed by atoms with E-state index in [0.717, 1.165) is 48.7 Å². The highest BCUT2D eigenvalue weighted by molar-refractivity contribution is 5.76. The second kappa shape index (κ2) is 9.82. The molecule has 9 heteroatoms. The van der Waals surface area contributed by atoms with Gasteiger partial charge >= 0.3 is 0 Å². The summed E-state index contributed by atoms with van der Waals surface area (Å²) in [5.74, 6) is 2.02. The van der Waals surface area contributed by atoms with Gasteiger partial charge in [-0.05, 0) is 25.5 Å². The number of hydrogen-bond donors (Lipinski definition) is 0. The molecular formula is C22H29N7O2. The van der Waals surface area contributed by atoms with E-state index in [1.54, 1.807) is 31.9 Å². The lowest BCUT2D eigenvalue weighted by Gasteiger charge is -2.35. The number of piperazine rings is 1. The van der Waals surface area contributed by atoms with Gasteiger partial charge in [0.15, 0.2) is 5.65 Å². The molecule has 164 valence electrons. The first-order valence-electron chi connectivity index (χ1n) is 10.8. The Labute approximate surface area is 182 Å². The molecule has 3 aromatic rings. The number of nitrogens with zero attached hydrogens (tertiary/aromatic N) is 7. The minimum atomic E-state index is 0.129. The van der Waals surface area contributed by atoms with Crippen molar-refractivity contribution in [1.29, 1.82) is 0 Å². The minimum absolute atomic E-state index is 0.129. The molecule has 0 N–H and O–H groups in total. The molecule has 0 saturated carbocycles. The molecule has 0 unspecified atom stereocenters. The maximum Gasteiger partial charge on any atom is 0.222 e. The van der Waals surface area contributed by atoms with Crippen LogP contribution in [0.1, 0.15) is 31.6 Å². The van der Waals surface area contributed by atoms with Gasteiger partial charge in [0.2, 0.25) is 5.91 Å². The van der Waals surface area contributed by atoms with E-state index < -0.39 is 0 Å². The van der Waals surface area contributed by atoms with Crippen molar-refractivity contribution in [2.75, 3.05) is 44.8 Å². The van der Waals surface area contributed by atoms with Gasteiger partial charge in [0.05, 0.1) is 18.8 Å². The van der Waals surface area contributed by atoms with Gasteiger partial charge in [-0.1, -0.05) is 0 Å². The van der Waals surface area contributed by atoms with E-state index in [2.05, 4.69) is 31.3 Å². The molecule has 4 rings (SSSR count). The van der Waals surface area contributed by atoms with Gasteiger partial charge in [0, 0.05) is 64.7 Å². The van der Waals surface area contributed by atoms with Gasteiger partial charge in [-0.15, -0.1) is 0 Å². The number of methoxy groups -OCH3 is 1. The Bertz CT molecular complexity index is 1000. The third kappa shape index (κ3) is 4.82. The number of ether oxygens (including phenoxy) is 1. The number of aromatic nitrogens is 5. The van der Waals surface area contributed by atoms with Gasteiger partial charge in [-0.2, -0.15) is 0 Å². The number of fused-ring (bicyclic) bond motifs is 1. The molecule has 1 aliphatic rings. The number of carbonyl (C=O) groups excluding carboxylic acids is 1. The zero-order valence-corrected chi connectivity index (χ0v) is 18.1. The van der Waals surface area contributed by atoms with E-state index >= 15 is 0 Å². The lowest BCUT2D eigenvalue weighted by molar-refractivity contribution is -0.131. The molecule has 1 amide bonds. The van der Waals surface area contributed by atoms with Crippen molar-refractivity contribution in [1.82, 2.24) is 29.4 Å². The molecule has 9 nitrogen and oxygen atoms in total. The number of aryl methyl sites for hydroxylation is 1. The van der Waals surface area contributed by atoms with Crippen LogP contribution in [0.3, 0.4) is 0 Å². The maximum absolute atomic E-state index is 12.7. The molecule has 31 heavy (non-hydrogen) atoms. The number of anilines is 1. The molecule has 0 spiro atoms. The molecule has 1 atom stereocenters. The van der Waals surface area contributed by atoms with Crippen molar-refractivity contribution < 1.29 is 9.53 Å². The molecule has 4 heterocycles. The minimum Gasteiger partial charge on any atom is -0.383 e. The van der Waals surface area contributed by atoms with Crippen molar-refractivity contribution in [2.45, 2.75) is 32.2 Å². The predicted molar refractivity (Wildman–Crippen MR) is 118 cm³/mol. The van der Waals surface area contributed by atoms with E-state index in [1.807, 2.05) is 17.0 Å². The first-order chi connectivity index (χ1) is 15.2. The average Bonchev–Trinajstić information content (AvgIpc) is 3.18. The lowest BCUT2D eigenvalue weighted by atomic mass is 10.2.